The van der Waals surface area contributed by atoms with Gasteiger partial charge in [0.25, 0.3) is 0 Å². The fraction of sp³-hybridized carbons (Fsp3) is 0.143. The summed E-state index contributed by atoms with van der Waals surface area (Å²) in [7, 11) is 1.44. The van der Waals surface area contributed by atoms with Crippen LogP contribution in [0.15, 0.2) is 34.8 Å². The Hall–Kier alpha value is -1.20. The minimum absolute atomic E-state index is 0.151. The molecule has 0 aliphatic heterocycles. The molecule has 2 aromatic rings. The van der Waals surface area contributed by atoms with Gasteiger partial charge in [-0.1, -0.05) is 22.0 Å². The zero-order valence-electron chi connectivity index (χ0n) is 10.3. The smallest absolute Gasteiger partial charge is 0.194 e. The maximum absolute atomic E-state index is 13.8. The van der Waals surface area contributed by atoms with Crippen molar-refractivity contribution in [1.82, 2.24) is 0 Å². The van der Waals surface area contributed by atoms with Crippen molar-refractivity contribution in [3.8, 4) is 5.75 Å². The summed E-state index contributed by atoms with van der Waals surface area (Å²) in [6, 6.07) is 6.97. The van der Waals surface area contributed by atoms with E-state index in [0.29, 0.717) is 15.8 Å². The van der Waals surface area contributed by atoms with E-state index in [4.69, 9.17) is 16.3 Å². The molecule has 106 valence electrons. The molecular weight excluding hydrogens is 357 g/mol. The van der Waals surface area contributed by atoms with E-state index in [1.807, 2.05) is 0 Å². The van der Waals surface area contributed by atoms with Crippen molar-refractivity contribution in [3.05, 3.63) is 63.4 Å². The molecule has 1 atom stereocenters. The Morgan fingerprint density at radius 2 is 1.75 bits per heavy atom. The minimum atomic E-state index is -1.54. The largest absolute Gasteiger partial charge is 0.496 e. The Morgan fingerprint density at radius 1 is 1.05 bits per heavy atom. The number of hydrogen-bond donors (Lipinski definition) is 0. The van der Waals surface area contributed by atoms with Gasteiger partial charge in [0, 0.05) is 15.6 Å². The van der Waals surface area contributed by atoms with Gasteiger partial charge in [-0.25, -0.2) is 13.2 Å². The molecule has 0 aromatic heterocycles. The van der Waals surface area contributed by atoms with Crippen molar-refractivity contribution in [2.45, 2.75) is 5.38 Å². The fourth-order valence-electron chi connectivity index (χ4n) is 1.81. The molecule has 0 amide bonds. The lowest BCUT2D eigenvalue weighted by atomic mass is 10.0. The van der Waals surface area contributed by atoms with E-state index in [2.05, 4.69) is 15.9 Å². The van der Waals surface area contributed by atoms with Crippen LogP contribution in [-0.4, -0.2) is 7.11 Å². The number of methoxy groups -OCH3 is 1. The van der Waals surface area contributed by atoms with Crippen LogP contribution in [0.2, 0.25) is 0 Å². The summed E-state index contributed by atoms with van der Waals surface area (Å²) in [6.45, 7) is 0. The molecular formula is C14H9BrClF3O. The average molecular weight is 366 g/mol. The van der Waals surface area contributed by atoms with Crippen molar-refractivity contribution in [3.63, 3.8) is 0 Å². The maximum atomic E-state index is 13.8. The first-order valence-electron chi connectivity index (χ1n) is 5.56. The third kappa shape index (κ3) is 2.79. The predicted octanol–water partition coefficient (Wildman–Crippen LogP) is 5.20. The molecule has 0 aliphatic rings. The number of halogens is 5. The van der Waals surface area contributed by atoms with Gasteiger partial charge >= 0.3 is 0 Å². The zero-order chi connectivity index (χ0) is 14.9. The van der Waals surface area contributed by atoms with Crippen LogP contribution in [0.3, 0.4) is 0 Å². The Kier molecular flexibility index (Phi) is 4.60. The number of rotatable bonds is 3. The van der Waals surface area contributed by atoms with Gasteiger partial charge in [0.05, 0.1) is 12.5 Å². The van der Waals surface area contributed by atoms with E-state index < -0.39 is 22.8 Å². The standard InChI is InChI=1S/C14H9BrClF3O/c1-20-11-5-2-7(15)6-9(11)12(16)8-3-4-10(17)14(19)13(8)18/h2-6,12H,1H3. The van der Waals surface area contributed by atoms with Crippen molar-refractivity contribution in [2.75, 3.05) is 7.11 Å². The molecule has 1 nitrogen and oxygen atoms in total. The summed E-state index contributed by atoms with van der Waals surface area (Å²) in [4.78, 5) is 0. The molecule has 20 heavy (non-hydrogen) atoms. The van der Waals surface area contributed by atoms with Gasteiger partial charge < -0.3 is 4.74 Å². The Balaban J connectivity index is 2.54. The molecule has 0 heterocycles. The number of benzene rings is 2. The third-order valence-electron chi connectivity index (χ3n) is 2.80. The van der Waals surface area contributed by atoms with Crippen LogP contribution in [0.1, 0.15) is 16.5 Å². The predicted molar refractivity (Wildman–Crippen MR) is 74.7 cm³/mol. The van der Waals surface area contributed by atoms with E-state index in [-0.39, 0.29) is 5.56 Å². The molecule has 6 heteroatoms. The summed E-state index contributed by atoms with van der Waals surface area (Å²) in [5.41, 5.74) is 0.301. The molecule has 0 saturated heterocycles. The van der Waals surface area contributed by atoms with Gasteiger partial charge in [-0.2, -0.15) is 0 Å². The van der Waals surface area contributed by atoms with Gasteiger partial charge in [0.1, 0.15) is 5.75 Å². The SMILES string of the molecule is COc1ccc(Br)cc1C(Cl)c1ccc(F)c(F)c1F. The second kappa shape index (κ2) is 6.06. The molecule has 0 aliphatic carbocycles. The third-order valence-corrected chi connectivity index (χ3v) is 3.77. The number of alkyl halides is 1. The topological polar surface area (TPSA) is 9.23 Å². The molecule has 0 fully saturated rings. The molecule has 2 aromatic carbocycles. The van der Waals surface area contributed by atoms with Crippen molar-refractivity contribution in [2.24, 2.45) is 0 Å². The Labute approximate surface area is 127 Å². The van der Waals surface area contributed by atoms with Gasteiger partial charge in [0.15, 0.2) is 17.5 Å². The van der Waals surface area contributed by atoms with E-state index in [9.17, 15) is 13.2 Å². The highest BCUT2D eigenvalue weighted by atomic mass is 79.9. The lowest BCUT2D eigenvalue weighted by Crippen LogP contribution is -2.03. The minimum Gasteiger partial charge on any atom is -0.496 e. The molecule has 0 radical (unpaired) electrons. The first-order valence-corrected chi connectivity index (χ1v) is 6.79. The van der Waals surface area contributed by atoms with Crippen LogP contribution in [0.25, 0.3) is 0 Å². The summed E-state index contributed by atoms with van der Waals surface area (Å²) in [5.74, 6) is -3.66. The normalized spacial score (nSPS) is 12.3. The van der Waals surface area contributed by atoms with Crippen LogP contribution in [0.4, 0.5) is 13.2 Å². The fourth-order valence-corrected chi connectivity index (χ4v) is 2.53. The van der Waals surface area contributed by atoms with Crippen molar-refractivity contribution in [1.29, 1.82) is 0 Å². The number of hydrogen-bond acceptors (Lipinski definition) is 1. The van der Waals surface area contributed by atoms with Crippen LogP contribution < -0.4 is 4.74 Å². The summed E-state index contributed by atoms with van der Waals surface area (Å²) in [6.07, 6.45) is 0. The van der Waals surface area contributed by atoms with Crippen LogP contribution in [-0.2, 0) is 0 Å². The quantitative estimate of drug-likeness (QED) is 0.536. The Bertz CT molecular complexity index is 649. The summed E-state index contributed by atoms with van der Waals surface area (Å²) < 4.78 is 45.9. The highest BCUT2D eigenvalue weighted by Gasteiger charge is 2.23. The lowest BCUT2D eigenvalue weighted by Gasteiger charge is -2.16. The zero-order valence-corrected chi connectivity index (χ0v) is 12.6. The maximum Gasteiger partial charge on any atom is 0.194 e. The van der Waals surface area contributed by atoms with Crippen molar-refractivity contribution < 1.29 is 17.9 Å². The van der Waals surface area contributed by atoms with Gasteiger partial charge in [-0.05, 0) is 24.3 Å². The van der Waals surface area contributed by atoms with Crippen LogP contribution in [0.5, 0.6) is 5.75 Å². The molecule has 0 N–H and O–H groups in total. The van der Waals surface area contributed by atoms with E-state index in [1.165, 1.54) is 7.11 Å². The van der Waals surface area contributed by atoms with Crippen LogP contribution >= 0.6 is 27.5 Å². The number of ether oxygens (including phenoxy) is 1. The lowest BCUT2D eigenvalue weighted by molar-refractivity contribution is 0.409. The molecule has 0 spiro atoms. The molecule has 0 saturated carbocycles. The van der Waals surface area contributed by atoms with Crippen molar-refractivity contribution >= 4 is 27.5 Å². The molecule has 1 unspecified atom stereocenters. The first kappa shape index (κ1) is 15.2. The second-order valence-corrected chi connectivity index (χ2v) is 5.37. The second-order valence-electron chi connectivity index (χ2n) is 4.01. The monoisotopic (exact) mass is 364 g/mol. The first-order chi connectivity index (χ1) is 9.45. The summed E-state index contributed by atoms with van der Waals surface area (Å²) >= 11 is 9.46. The highest BCUT2D eigenvalue weighted by molar-refractivity contribution is 9.10. The van der Waals surface area contributed by atoms with Gasteiger partial charge in [-0.15, -0.1) is 11.6 Å². The molecule has 2 rings (SSSR count). The Morgan fingerprint density at radius 3 is 2.40 bits per heavy atom. The van der Waals surface area contributed by atoms with Gasteiger partial charge in [-0.3, -0.25) is 0 Å². The highest BCUT2D eigenvalue weighted by Crippen LogP contribution is 2.38. The van der Waals surface area contributed by atoms with Gasteiger partial charge in [0.2, 0.25) is 0 Å². The van der Waals surface area contributed by atoms with E-state index in [0.717, 1.165) is 12.1 Å². The van der Waals surface area contributed by atoms with Crippen LogP contribution in [0, 0.1) is 17.5 Å². The van der Waals surface area contributed by atoms with E-state index >= 15 is 0 Å². The van der Waals surface area contributed by atoms with E-state index in [1.54, 1.807) is 18.2 Å². The average Bonchev–Trinajstić information content (AvgIpc) is 2.44. The molecule has 0 bridgehead atoms. The summed E-state index contributed by atoms with van der Waals surface area (Å²) in [5, 5.41) is -1.00.